The van der Waals surface area contributed by atoms with E-state index in [1.165, 1.54) is 25.6 Å². The largest absolute Gasteiger partial charge is 0.385 e. The molecule has 1 heterocycles. The summed E-state index contributed by atoms with van der Waals surface area (Å²) in [6.45, 7) is 5.05. The average Bonchev–Trinajstić information content (AvgIpc) is 3.16. The number of nitrogens with zero attached hydrogens (tertiary/aromatic N) is 1. The molecule has 0 aliphatic heterocycles. The van der Waals surface area contributed by atoms with Crippen molar-refractivity contribution in [2.75, 3.05) is 6.54 Å². The topological polar surface area (TPSA) is 51.6 Å². The SMILES string of the molecule is C=C(NCCc1c[nH]c2ccc(I)cc12)c1cccc(Cc2ccccc2C#N)c1. The van der Waals surface area contributed by atoms with E-state index in [4.69, 9.17) is 0 Å². The molecule has 3 nitrogen and oxygen atoms in total. The van der Waals surface area contributed by atoms with E-state index < -0.39 is 0 Å². The minimum Gasteiger partial charge on any atom is -0.385 e. The maximum absolute atomic E-state index is 9.32. The van der Waals surface area contributed by atoms with Crippen molar-refractivity contribution in [2.24, 2.45) is 0 Å². The van der Waals surface area contributed by atoms with E-state index in [1.807, 2.05) is 30.3 Å². The van der Waals surface area contributed by atoms with E-state index in [-0.39, 0.29) is 0 Å². The molecule has 4 aromatic rings. The van der Waals surface area contributed by atoms with Crippen molar-refractivity contribution in [3.05, 3.63) is 111 Å². The van der Waals surface area contributed by atoms with E-state index >= 15 is 0 Å². The van der Waals surface area contributed by atoms with Crippen LogP contribution in [0, 0.1) is 14.9 Å². The third-order valence-corrected chi connectivity index (χ3v) is 5.94. The quantitative estimate of drug-likeness (QED) is 0.302. The van der Waals surface area contributed by atoms with Gasteiger partial charge in [-0.3, -0.25) is 0 Å². The van der Waals surface area contributed by atoms with Crippen LogP contribution >= 0.6 is 22.6 Å². The zero-order valence-electron chi connectivity index (χ0n) is 16.6. The van der Waals surface area contributed by atoms with Crippen LogP contribution in [0.5, 0.6) is 0 Å². The van der Waals surface area contributed by atoms with Gasteiger partial charge in [0.1, 0.15) is 0 Å². The van der Waals surface area contributed by atoms with Gasteiger partial charge in [0.25, 0.3) is 0 Å². The first-order valence-corrected chi connectivity index (χ1v) is 11.0. The van der Waals surface area contributed by atoms with Gasteiger partial charge in [0.2, 0.25) is 0 Å². The van der Waals surface area contributed by atoms with Crippen molar-refractivity contribution < 1.29 is 0 Å². The molecule has 0 aliphatic carbocycles. The molecular formula is C26H22IN3. The molecule has 30 heavy (non-hydrogen) atoms. The molecule has 0 saturated heterocycles. The molecule has 0 spiro atoms. The first kappa shape index (κ1) is 20.2. The minimum absolute atomic E-state index is 0.730. The average molecular weight is 503 g/mol. The number of rotatable bonds is 7. The molecule has 2 N–H and O–H groups in total. The van der Waals surface area contributed by atoms with Crippen LogP contribution in [0.3, 0.4) is 0 Å². The van der Waals surface area contributed by atoms with Gasteiger partial charge in [-0.1, -0.05) is 43.0 Å². The highest BCUT2D eigenvalue weighted by molar-refractivity contribution is 14.1. The maximum atomic E-state index is 9.32. The Morgan fingerprint density at radius 2 is 1.90 bits per heavy atom. The van der Waals surface area contributed by atoms with Gasteiger partial charge in [-0.15, -0.1) is 0 Å². The molecule has 0 aliphatic rings. The van der Waals surface area contributed by atoms with Gasteiger partial charge >= 0.3 is 0 Å². The second-order valence-electron chi connectivity index (χ2n) is 7.31. The number of H-pyrrole nitrogens is 1. The van der Waals surface area contributed by atoms with Crippen LogP contribution in [0.15, 0.2) is 79.5 Å². The first-order chi connectivity index (χ1) is 14.6. The fourth-order valence-electron chi connectivity index (χ4n) is 3.68. The smallest absolute Gasteiger partial charge is 0.0994 e. The molecule has 0 bridgehead atoms. The normalized spacial score (nSPS) is 10.7. The fourth-order valence-corrected chi connectivity index (χ4v) is 4.17. The highest BCUT2D eigenvalue weighted by Crippen LogP contribution is 2.22. The summed E-state index contributed by atoms with van der Waals surface area (Å²) in [5.41, 5.74) is 7.43. The van der Waals surface area contributed by atoms with Gasteiger partial charge in [-0.05, 0) is 88.0 Å². The van der Waals surface area contributed by atoms with Crippen LogP contribution in [-0.4, -0.2) is 11.5 Å². The van der Waals surface area contributed by atoms with Crippen molar-refractivity contribution in [1.82, 2.24) is 10.3 Å². The van der Waals surface area contributed by atoms with Gasteiger partial charge in [0.05, 0.1) is 11.6 Å². The standard InChI is InChI=1S/C26H22IN3/c1-18(29-12-11-23-17-30-26-10-9-24(27)15-25(23)26)20-8-4-5-19(13-20)14-21-6-2-3-7-22(21)16-28/h2-10,13,15,17,29-30H,1,11-12,14H2. The van der Waals surface area contributed by atoms with Crippen molar-refractivity contribution in [2.45, 2.75) is 12.8 Å². The summed E-state index contributed by atoms with van der Waals surface area (Å²) >= 11 is 2.35. The summed E-state index contributed by atoms with van der Waals surface area (Å²) < 4.78 is 1.24. The van der Waals surface area contributed by atoms with Gasteiger partial charge in [-0.25, -0.2) is 0 Å². The summed E-state index contributed by atoms with van der Waals surface area (Å²) in [6.07, 6.45) is 3.76. The monoisotopic (exact) mass is 503 g/mol. The van der Waals surface area contributed by atoms with Crippen LogP contribution in [0.1, 0.15) is 27.8 Å². The Balaban J connectivity index is 1.41. The molecule has 0 fully saturated rings. The lowest BCUT2D eigenvalue weighted by Crippen LogP contribution is -2.15. The highest BCUT2D eigenvalue weighted by Gasteiger charge is 2.07. The van der Waals surface area contributed by atoms with E-state index in [2.05, 4.69) is 88.1 Å². The number of fused-ring (bicyclic) bond motifs is 1. The molecular weight excluding hydrogens is 481 g/mol. The van der Waals surface area contributed by atoms with Gasteiger partial charge in [-0.2, -0.15) is 5.26 Å². The Morgan fingerprint density at radius 1 is 1.03 bits per heavy atom. The fraction of sp³-hybridized carbons (Fsp3) is 0.115. The minimum atomic E-state index is 0.730. The predicted octanol–water partition coefficient (Wildman–Crippen LogP) is 6.04. The molecule has 0 amide bonds. The van der Waals surface area contributed by atoms with Gasteiger partial charge < -0.3 is 10.3 Å². The van der Waals surface area contributed by atoms with Crippen LogP contribution in [0.4, 0.5) is 0 Å². The first-order valence-electron chi connectivity index (χ1n) is 9.89. The summed E-state index contributed by atoms with van der Waals surface area (Å²) in [5, 5.41) is 14.1. The van der Waals surface area contributed by atoms with Crippen molar-refractivity contribution in [3.8, 4) is 6.07 Å². The lowest BCUT2D eigenvalue weighted by molar-refractivity contribution is 0.853. The van der Waals surface area contributed by atoms with Crippen molar-refractivity contribution in [1.29, 1.82) is 5.26 Å². The number of hydrogen-bond donors (Lipinski definition) is 2. The Kier molecular flexibility index (Phi) is 6.20. The van der Waals surface area contributed by atoms with Crippen LogP contribution in [0.25, 0.3) is 16.6 Å². The van der Waals surface area contributed by atoms with E-state index in [9.17, 15) is 5.26 Å². The molecule has 3 aromatic carbocycles. The lowest BCUT2D eigenvalue weighted by atomic mass is 9.98. The van der Waals surface area contributed by atoms with Crippen LogP contribution in [0.2, 0.25) is 0 Å². The van der Waals surface area contributed by atoms with Gasteiger partial charge in [0.15, 0.2) is 0 Å². The number of aromatic nitrogens is 1. The van der Waals surface area contributed by atoms with E-state index in [0.29, 0.717) is 0 Å². The molecule has 0 unspecified atom stereocenters. The lowest BCUT2D eigenvalue weighted by Gasteiger charge is -2.12. The zero-order valence-corrected chi connectivity index (χ0v) is 18.7. The summed E-state index contributed by atoms with van der Waals surface area (Å²) in [5.74, 6) is 0. The second-order valence-corrected chi connectivity index (χ2v) is 8.55. The molecule has 1 aromatic heterocycles. The van der Waals surface area contributed by atoms with Crippen molar-refractivity contribution in [3.63, 3.8) is 0 Å². The van der Waals surface area contributed by atoms with E-state index in [1.54, 1.807) is 0 Å². The van der Waals surface area contributed by atoms with Gasteiger partial charge in [0, 0.05) is 32.9 Å². The number of nitrogens with one attached hydrogen (secondary N) is 2. The Labute approximate surface area is 190 Å². The zero-order chi connectivity index (χ0) is 20.9. The van der Waals surface area contributed by atoms with Crippen molar-refractivity contribution >= 4 is 39.2 Å². The third kappa shape index (κ3) is 4.58. The molecule has 0 saturated carbocycles. The molecule has 148 valence electrons. The Hall–Kier alpha value is -3.04. The second kappa shape index (κ2) is 9.19. The van der Waals surface area contributed by atoms with Crippen LogP contribution in [-0.2, 0) is 12.8 Å². The molecule has 4 heteroatoms. The molecule has 0 radical (unpaired) electrons. The number of hydrogen-bond acceptors (Lipinski definition) is 2. The number of aromatic amines is 1. The van der Waals surface area contributed by atoms with Crippen LogP contribution < -0.4 is 5.32 Å². The summed E-state index contributed by atoms with van der Waals surface area (Å²) in [4.78, 5) is 3.35. The Morgan fingerprint density at radius 3 is 2.77 bits per heavy atom. The number of benzene rings is 3. The summed E-state index contributed by atoms with van der Waals surface area (Å²) in [6, 6.07) is 24.9. The Bertz CT molecular complexity index is 1250. The maximum Gasteiger partial charge on any atom is 0.0994 e. The molecule has 0 atom stereocenters. The number of nitriles is 1. The molecule has 4 rings (SSSR count). The highest BCUT2D eigenvalue weighted by atomic mass is 127. The van der Waals surface area contributed by atoms with E-state index in [0.717, 1.165) is 41.8 Å². The number of halogens is 1. The summed E-state index contributed by atoms with van der Waals surface area (Å²) in [7, 11) is 0. The predicted molar refractivity (Wildman–Crippen MR) is 132 cm³/mol. The third-order valence-electron chi connectivity index (χ3n) is 5.27.